The minimum atomic E-state index is -0.530. The van der Waals surface area contributed by atoms with Gasteiger partial charge in [0, 0.05) is 37.4 Å². The second kappa shape index (κ2) is 4.90. The maximum absolute atomic E-state index is 11.3. The van der Waals surface area contributed by atoms with Gasteiger partial charge >= 0.3 is 5.69 Å². The minimum Gasteiger partial charge on any atom is -0.396 e. The van der Waals surface area contributed by atoms with Crippen molar-refractivity contribution in [2.45, 2.75) is 13.5 Å². The van der Waals surface area contributed by atoms with Crippen LogP contribution in [0.25, 0.3) is 0 Å². The topological polar surface area (TPSA) is 95.3 Å². The summed E-state index contributed by atoms with van der Waals surface area (Å²) in [5, 5.41) is 17.7. The number of nitrogens with one attached hydrogen (secondary N) is 1. The number of hydrogen-bond donors (Lipinski definition) is 3. The molecule has 0 atom stereocenters. The van der Waals surface area contributed by atoms with Gasteiger partial charge in [0.15, 0.2) is 0 Å². The first-order chi connectivity index (χ1) is 7.08. The van der Waals surface area contributed by atoms with Gasteiger partial charge in [-0.3, -0.25) is 14.3 Å². The third-order valence-electron chi connectivity index (χ3n) is 2.16. The molecule has 0 saturated heterocycles. The van der Waals surface area contributed by atoms with E-state index in [0.29, 0.717) is 5.56 Å². The maximum atomic E-state index is 11.3. The summed E-state index contributed by atoms with van der Waals surface area (Å²) >= 11 is 0. The minimum absolute atomic E-state index is 0.184. The summed E-state index contributed by atoms with van der Waals surface area (Å²) < 4.78 is 1.27. The van der Waals surface area contributed by atoms with E-state index in [1.54, 1.807) is 6.92 Å². The Hall–Kier alpha value is -1.40. The number of H-pyrrole nitrogens is 1. The number of aliphatic hydroxyl groups is 2. The summed E-state index contributed by atoms with van der Waals surface area (Å²) in [5.74, 6) is -0.395. The van der Waals surface area contributed by atoms with E-state index in [2.05, 4.69) is 4.98 Å². The lowest BCUT2D eigenvalue weighted by Crippen LogP contribution is -2.33. The smallest absolute Gasteiger partial charge is 0.328 e. The lowest BCUT2D eigenvalue weighted by molar-refractivity contribution is 0.136. The number of aromatic nitrogens is 2. The molecule has 0 aromatic carbocycles. The molecule has 1 aromatic heterocycles. The number of aromatic amines is 1. The van der Waals surface area contributed by atoms with Crippen LogP contribution in [0.5, 0.6) is 0 Å². The van der Waals surface area contributed by atoms with Crippen LogP contribution >= 0.6 is 0 Å². The number of nitrogens with zero attached hydrogens (tertiary/aromatic N) is 1. The lowest BCUT2D eigenvalue weighted by Gasteiger charge is -2.12. The summed E-state index contributed by atoms with van der Waals surface area (Å²) in [6, 6.07) is 0. The van der Waals surface area contributed by atoms with Crippen molar-refractivity contribution >= 4 is 0 Å². The number of aryl methyl sites for hydroxylation is 1. The van der Waals surface area contributed by atoms with Gasteiger partial charge in [-0.05, 0) is 6.92 Å². The molecule has 0 fully saturated rings. The Balaban J connectivity index is 3.00. The molecule has 0 radical (unpaired) electrons. The molecule has 0 unspecified atom stereocenters. The van der Waals surface area contributed by atoms with Gasteiger partial charge in [0.05, 0.1) is 0 Å². The Morgan fingerprint density at radius 3 is 2.53 bits per heavy atom. The first-order valence-electron chi connectivity index (χ1n) is 4.60. The molecule has 84 valence electrons. The van der Waals surface area contributed by atoms with Gasteiger partial charge in [-0.1, -0.05) is 0 Å². The van der Waals surface area contributed by atoms with Crippen LogP contribution in [0.1, 0.15) is 5.56 Å². The van der Waals surface area contributed by atoms with Crippen LogP contribution in [0, 0.1) is 12.8 Å². The van der Waals surface area contributed by atoms with Crippen LogP contribution in [0.15, 0.2) is 15.8 Å². The van der Waals surface area contributed by atoms with Gasteiger partial charge in [0.2, 0.25) is 0 Å². The second-order valence-corrected chi connectivity index (χ2v) is 3.45. The quantitative estimate of drug-likeness (QED) is 0.565. The highest BCUT2D eigenvalue weighted by atomic mass is 16.3. The zero-order valence-electron chi connectivity index (χ0n) is 8.43. The molecule has 15 heavy (non-hydrogen) atoms. The Morgan fingerprint density at radius 1 is 1.40 bits per heavy atom. The zero-order valence-corrected chi connectivity index (χ0v) is 8.43. The van der Waals surface area contributed by atoms with Crippen molar-refractivity contribution in [1.82, 2.24) is 9.55 Å². The number of rotatable bonds is 4. The largest absolute Gasteiger partial charge is 0.396 e. The highest BCUT2D eigenvalue weighted by molar-refractivity contribution is 5.00. The molecule has 1 aromatic rings. The van der Waals surface area contributed by atoms with Crippen LogP contribution < -0.4 is 11.2 Å². The normalized spacial score (nSPS) is 10.9. The predicted octanol–water partition coefficient (Wildman–Crippen LogP) is -1.55. The molecular weight excluding hydrogens is 200 g/mol. The van der Waals surface area contributed by atoms with Crippen LogP contribution in [0.3, 0.4) is 0 Å². The molecule has 0 aliphatic carbocycles. The van der Waals surface area contributed by atoms with Crippen molar-refractivity contribution in [3.8, 4) is 0 Å². The molecule has 0 bridgehead atoms. The fourth-order valence-corrected chi connectivity index (χ4v) is 1.21. The van der Waals surface area contributed by atoms with Crippen LogP contribution in [0.4, 0.5) is 0 Å². The van der Waals surface area contributed by atoms with Gasteiger partial charge in [-0.15, -0.1) is 0 Å². The third-order valence-corrected chi connectivity index (χ3v) is 2.16. The van der Waals surface area contributed by atoms with Gasteiger partial charge in [-0.25, -0.2) is 4.79 Å². The standard InChI is InChI=1S/C9H14N2O4/c1-6-2-11(3-7(4-12)5-13)9(15)10-8(6)14/h2,7,12-13H,3-5H2,1H3,(H,10,14,15). The monoisotopic (exact) mass is 214 g/mol. The SMILES string of the molecule is Cc1cn(CC(CO)CO)c(=O)[nH]c1=O. The Morgan fingerprint density at radius 2 is 2.00 bits per heavy atom. The first-order valence-corrected chi connectivity index (χ1v) is 4.60. The van der Waals surface area contributed by atoms with Gasteiger partial charge in [-0.2, -0.15) is 0 Å². The Bertz CT molecular complexity index is 430. The average Bonchev–Trinajstić information content (AvgIpc) is 2.21. The number of aliphatic hydroxyl groups excluding tert-OH is 2. The van der Waals surface area contributed by atoms with E-state index in [-0.39, 0.29) is 19.8 Å². The van der Waals surface area contributed by atoms with Crippen molar-refractivity contribution in [2.75, 3.05) is 13.2 Å². The van der Waals surface area contributed by atoms with Gasteiger partial charge < -0.3 is 10.2 Å². The van der Waals surface area contributed by atoms with Crippen molar-refractivity contribution in [1.29, 1.82) is 0 Å². The summed E-state index contributed by atoms with van der Waals surface area (Å²) in [7, 11) is 0. The fraction of sp³-hybridized carbons (Fsp3) is 0.556. The highest BCUT2D eigenvalue weighted by Gasteiger charge is 2.08. The molecule has 0 saturated carbocycles. The fourth-order valence-electron chi connectivity index (χ4n) is 1.21. The maximum Gasteiger partial charge on any atom is 0.328 e. The van der Waals surface area contributed by atoms with E-state index in [1.807, 2.05) is 0 Å². The first kappa shape index (κ1) is 11.7. The molecular formula is C9H14N2O4. The van der Waals surface area contributed by atoms with Gasteiger partial charge in [0.25, 0.3) is 5.56 Å². The Labute approximate surface area is 85.8 Å². The molecule has 0 spiro atoms. The van der Waals surface area contributed by atoms with E-state index in [0.717, 1.165) is 0 Å². The summed E-state index contributed by atoms with van der Waals surface area (Å²) in [6.07, 6.45) is 1.42. The van der Waals surface area contributed by atoms with E-state index in [1.165, 1.54) is 10.8 Å². The number of hydrogen-bond acceptors (Lipinski definition) is 4. The predicted molar refractivity (Wildman–Crippen MR) is 53.7 cm³/mol. The molecule has 0 aliphatic rings. The molecule has 6 heteroatoms. The molecule has 0 aliphatic heterocycles. The van der Waals surface area contributed by atoms with E-state index in [4.69, 9.17) is 10.2 Å². The molecule has 1 rings (SSSR count). The van der Waals surface area contributed by atoms with Crippen LogP contribution in [-0.4, -0.2) is 33.0 Å². The van der Waals surface area contributed by atoms with Crippen molar-refractivity contribution < 1.29 is 10.2 Å². The van der Waals surface area contributed by atoms with E-state index in [9.17, 15) is 9.59 Å². The van der Waals surface area contributed by atoms with Crippen molar-refractivity contribution in [2.24, 2.45) is 5.92 Å². The molecule has 3 N–H and O–H groups in total. The Kier molecular flexibility index (Phi) is 3.81. The van der Waals surface area contributed by atoms with Crippen molar-refractivity contribution in [3.63, 3.8) is 0 Å². The summed E-state index contributed by atoms with van der Waals surface area (Å²) in [5.41, 5.74) is -0.525. The van der Waals surface area contributed by atoms with E-state index >= 15 is 0 Å². The van der Waals surface area contributed by atoms with E-state index < -0.39 is 17.2 Å². The third kappa shape index (κ3) is 2.77. The zero-order chi connectivity index (χ0) is 11.4. The molecule has 0 amide bonds. The lowest BCUT2D eigenvalue weighted by atomic mass is 10.2. The van der Waals surface area contributed by atoms with Crippen molar-refractivity contribution in [3.05, 3.63) is 32.6 Å². The average molecular weight is 214 g/mol. The summed E-state index contributed by atoms with van der Waals surface area (Å²) in [4.78, 5) is 24.5. The molecule has 6 nitrogen and oxygen atoms in total. The summed E-state index contributed by atoms with van der Waals surface area (Å²) in [6.45, 7) is 1.35. The van der Waals surface area contributed by atoms with Crippen LogP contribution in [-0.2, 0) is 6.54 Å². The highest BCUT2D eigenvalue weighted by Crippen LogP contribution is 1.97. The van der Waals surface area contributed by atoms with Gasteiger partial charge in [0.1, 0.15) is 0 Å². The second-order valence-electron chi connectivity index (χ2n) is 3.45. The van der Waals surface area contributed by atoms with Crippen LogP contribution in [0.2, 0.25) is 0 Å². The molecule has 1 heterocycles.